The molecule has 0 atom stereocenters. The molecule has 0 saturated heterocycles. The van der Waals surface area contributed by atoms with Crippen LogP contribution in [0.2, 0.25) is 0 Å². The molecular weight excluding hydrogens is 366 g/mol. The lowest BCUT2D eigenvalue weighted by Crippen LogP contribution is -2.34. The molecule has 0 aliphatic heterocycles. The highest BCUT2D eigenvalue weighted by atomic mass is 79.9. The van der Waals surface area contributed by atoms with Crippen molar-refractivity contribution in [2.45, 2.75) is 31.6 Å². The molecule has 0 bridgehead atoms. The van der Waals surface area contributed by atoms with Crippen LogP contribution in [0.5, 0.6) is 0 Å². The van der Waals surface area contributed by atoms with E-state index in [2.05, 4.69) is 20.7 Å². The van der Waals surface area contributed by atoms with E-state index in [1.54, 1.807) is 0 Å². The number of aromatic carboxylic acids is 1. The number of halogens is 1. The van der Waals surface area contributed by atoms with Gasteiger partial charge in [0.25, 0.3) is 0 Å². The Morgan fingerprint density at radius 1 is 1.48 bits per heavy atom. The van der Waals surface area contributed by atoms with Gasteiger partial charge in [0.1, 0.15) is 4.90 Å². The molecular formula is C12H18BrNO6S. The molecule has 21 heavy (non-hydrogen) atoms. The number of aliphatic hydroxyl groups is 1. The molecule has 1 aromatic heterocycles. The van der Waals surface area contributed by atoms with Gasteiger partial charge in [-0.05, 0) is 34.2 Å². The summed E-state index contributed by atoms with van der Waals surface area (Å²) in [5.41, 5.74) is -0.332. The number of aliphatic hydroxyl groups excluding tert-OH is 1. The third kappa shape index (κ3) is 5.10. The van der Waals surface area contributed by atoms with Gasteiger partial charge in [-0.15, -0.1) is 0 Å². The van der Waals surface area contributed by atoms with Crippen LogP contribution in [-0.2, 0) is 10.0 Å². The second-order valence-electron chi connectivity index (χ2n) is 5.37. The molecule has 1 rings (SSSR count). The van der Waals surface area contributed by atoms with E-state index >= 15 is 0 Å². The number of carbonyl (C=O) groups is 1. The summed E-state index contributed by atoms with van der Waals surface area (Å²) in [6.07, 6.45) is 1.23. The third-order valence-electron chi connectivity index (χ3n) is 2.91. The predicted molar refractivity (Wildman–Crippen MR) is 78.7 cm³/mol. The molecule has 120 valence electrons. The molecule has 1 heterocycles. The maximum Gasteiger partial charge on any atom is 0.371 e. The fraction of sp³-hybridized carbons (Fsp3) is 0.583. The highest BCUT2D eigenvalue weighted by Gasteiger charge is 2.27. The van der Waals surface area contributed by atoms with E-state index in [0.717, 1.165) is 6.07 Å². The van der Waals surface area contributed by atoms with Crippen LogP contribution in [0.3, 0.4) is 0 Å². The van der Waals surface area contributed by atoms with E-state index in [1.807, 2.05) is 13.8 Å². The van der Waals surface area contributed by atoms with E-state index in [-0.39, 0.29) is 28.1 Å². The maximum absolute atomic E-state index is 12.2. The first-order chi connectivity index (χ1) is 9.59. The minimum atomic E-state index is -3.88. The van der Waals surface area contributed by atoms with Crippen LogP contribution >= 0.6 is 15.9 Å². The number of carboxylic acids is 1. The number of carboxylic acid groups (broad SMARTS) is 1. The van der Waals surface area contributed by atoms with Gasteiger partial charge < -0.3 is 14.6 Å². The normalized spacial score (nSPS) is 12.6. The van der Waals surface area contributed by atoms with Crippen molar-refractivity contribution in [3.05, 3.63) is 16.5 Å². The SMILES string of the molecule is CC(C)(CCCO)CNS(=O)(=O)c1cc(C(=O)O)oc1Br. The first-order valence-electron chi connectivity index (χ1n) is 6.22. The van der Waals surface area contributed by atoms with Gasteiger partial charge in [-0.3, -0.25) is 0 Å². The van der Waals surface area contributed by atoms with Crippen molar-refractivity contribution in [1.29, 1.82) is 0 Å². The van der Waals surface area contributed by atoms with Gasteiger partial charge in [0.05, 0.1) is 0 Å². The summed E-state index contributed by atoms with van der Waals surface area (Å²) in [5.74, 6) is -1.80. The number of nitrogens with one attached hydrogen (secondary N) is 1. The van der Waals surface area contributed by atoms with Crippen LogP contribution in [0.15, 0.2) is 20.0 Å². The molecule has 0 amide bonds. The van der Waals surface area contributed by atoms with Gasteiger partial charge >= 0.3 is 5.97 Å². The van der Waals surface area contributed by atoms with E-state index in [1.165, 1.54) is 0 Å². The molecule has 0 radical (unpaired) electrons. The second-order valence-corrected chi connectivity index (χ2v) is 7.83. The largest absolute Gasteiger partial charge is 0.475 e. The fourth-order valence-corrected chi connectivity index (χ4v) is 3.83. The molecule has 0 fully saturated rings. The van der Waals surface area contributed by atoms with Gasteiger partial charge in [0.15, 0.2) is 4.67 Å². The standard InChI is InChI=1S/C12H18BrNO6S/c1-12(2,4-3-5-15)7-14-21(18,19)9-6-8(11(16)17)20-10(9)13/h6,14-15H,3-5,7H2,1-2H3,(H,16,17). The Morgan fingerprint density at radius 3 is 2.57 bits per heavy atom. The van der Waals surface area contributed by atoms with Crippen LogP contribution in [0.4, 0.5) is 0 Å². The Labute approximate surface area is 131 Å². The predicted octanol–water partition coefficient (Wildman–Crippen LogP) is 1.82. The van der Waals surface area contributed by atoms with Gasteiger partial charge in [-0.25, -0.2) is 17.9 Å². The molecule has 0 aromatic carbocycles. The zero-order chi connectivity index (χ0) is 16.3. The molecule has 0 aliphatic carbocycles. The van der Waals surface area contributed by atoms with Crippen molar-refractivity contribution in [2.75, 3.05) is 13.2 Å². The summed E-state index contributed by atoms with van der Waals surface area (Å²) in [4.78, 5) is 10.5. The molecule has 9 heteroatoms. The van der Waals surface area contributed by atoms with Gasteiger partial charge in [0, 0.05) is 19.2 Å². The number of sulfonamides is 1. The molecule has 7 nitrogen and oxygen atoms in total. The Morgan fingerprint density at radius 2 is 2.10 bits per heavy atom. The molecule has 3 N–H and O–H groups in total. The zero-order valence-corrected chi connectivity index (χ0v) is 14.1. The van der Waals surface area contributed by atoms with Crippen LogP contribution in [-0.4, -0.2) is 37.8 Å². The minimum Gasteiger partial charge on any atom is -0.475 e. The number of rotatable bonds is 8. The number of hydrogen-bond acceptors (Lipinski definition) is 5. The Kier molecular flexibility index (Phi) is 5.97. The number of furan rings is 1. The highest BCUT2D eigenvalue weighted by molar-refractivity contribution is 9.10. The van der Waals surface area contributed by atoms with Crippen molar-refractivity contribution in [2.24, 2.45) is 5.41 Å². The summed E-state index contributed by atoms with van der Waals surface area (Å²) in [6.45, 7) is 3.96. The summed E-state index contributed by atoms with van der Waals surface area (Å²) in [6, 6.07) is 0.954. The van der Waals surface area contributed by atoms with Crippen molar-refractivity contribution in [3.8, 4) is 0 Å². The van der Waals surface area contributed by atoms with E-state index in [4.69, 9.17) is 14.6 Å². The summed E-state index contributed by atoms with van der Waals surface area (Å²) in [7, 11) is -3.88. The molecule has 0 aliphatic rings. The second kappa shape index (κ2) is 6.91. The average Bonchev–Trinajstić information content (AvgIpc) is 2.78. The van der Waals surface area contributed by atoms with E-state index < -0.39 is 21.8 Å². The molecule has 0 unspecified atom stereocenters. The average molecular weight is 384 g/mol. The quantitative estimate of drug-likeness (QED) is 0.630. The van der Waals surface area contributed by atoms with Gasteiger partial charge in [-0.1, -0.05) is 13.8 Å². The lowest BCUT2D eigenvalue weighted by Gasteiger charge is -2.24. The highest BCUT2D eigenvalue weighted by Crippen LogP contribution is 2.27. The zero-order valence-electron chi connectivity index (χ0n) is 11.7. The lowest BCUT2D eigenvalue weighted by molar-refractivity contribution is 0.0661. The molecule has 0 spiro atoms. The van der Waals surface area contributed by atoms with Crippen LogP contribution < -0.4 is 4.72 Å². The maximum atomic E-state index is 12.2. The van der Waals surface area contributed by atoms with E-state index in [0.29, 0.717) is 12.8 Å². The third-order valence-corrected chi connectivity index (χ3v) is 5.17. The lowest BCUT2D eigenvalue weighted by atomic mass is 9.88. The molecule has 1 aromatic rings. The van der Waals surface area contributed by atoms with Crippen molar-refractivity contribution in [3.63, 3.8) is 0 Å². The first kappa shape index (κ1) is 18.1. The van der Waals surface area contributed by atoms with Crippen LogP contribution in [0.25, 0.3) is 0 Å². The summed E-state index contributed by atoms with van der Waals surface area (Å²) in [5, 5.41) is 17.6. The minimum absolute atomic E-state index is 0.0471. The van der Waals surface area contributed by atoms with Crippen LogP contribution in [0.1, 0.15) is 37.2 Å². The summed E-state index contributed by atoms with van der Waals surface area (Å²) < 4.78 is 31.4. The monoisotopic (exact) mass is 383 g/mol. The Balaban J connectivity index is 2.85. The van der Waals surface area contributed by atoms with Gasteiger partial charge in [-0.2, -0.15) is 0 Å². The van der Waals surface area contributed by atoms with Crippen molar-refractivity contribution in [1.82, 2.24) is 4.72 Å². The first-order valence-corrected chi connectivity index (χ1v) is 8.50. The van der Waals surface area contributed by atoms with Crippen LogP contribution in [0, 0.1) is 5.41 Å². The van der Waals surface area contributed by atoms with Gasteiger partial charge in [0.2, 0.25) is 15.8 Å². The van der Waals surface area contributed by atoms with E-state index in [9.17, 15) is 13.2 Å². The van der Waals surface area contributed by atoms with Crippen molar-refractivity contribution < 1.29 is 27.8 Å². The summed E-state index contributed by atoms with van der Waals surface area (Å²) >= 11 is 2.90. The molecule has 0 saturated carbocycles. The number of hydrogen-bond donors (Lipinski definition) is 3. The smallest absolute Gasteiger partial charge is 0.371 e. The van der Waals surface area contributed by atoms with Crippen molar-refractivity contribution >= 4 is 31.9 Å². The topological polar surface area (TPSA) is 117 Å². The fourth-order valence-electron chi connectivity index (χ4n) is 1.65. The Bertz CT molecular complexity index is 607. The Hall–Kier alpha value is -0.900.